The van der Waals surface area contributed by atoms with Crippen molar-refractivity contribution in [2.45, 2.75) is 77.9 Å². The summed E-state index contributed by atoms with van der Waals surface area (Å²) in [7, 11) is -4.17. The third-order valence-corrected chi connectivity index (χ3v) is 9.57. The maximum atomic E-state index is 14.2. The molecule has 0 aliphatic rings. The van der Waals surface area contributed by atoms with Gasteiger partial charge in [-0.05, 0) is 81.5 Å². The number of sulfonamides is 1. The molecular weight excluding hydrogens is 558 g/mol. The van der Waals surface area contributed by atoms with E-state index in [-0.39, 0.29) is 23.4 Å². The van der Waals surface area contributed by atoms with Crippen LogP contribution >= 0.6 is 11.6 Å². The van der Waals surface area contributed by atoms with Gasteiger partial charge in [0, 0.05) is 17.6 Å². The molecule has 2 atom stereocenters. The standard InChI is InChI=1S/C32H40ClN3O4S/c1-7-24(5)34-32(38)29(8-2)35(20-26-13-10-9-12-23(26)4)31(37)21-36(30-15-11-14-28(33)25(30)6)41(39,40)27-18-16-22(3)17-19-27/h9-19,24,29H,7-8,20-21H2,1-6H3,(H,34,38)/t24-,29-/m0/s1. The summed E-state index contributed by atoms with van der Waals surface area (Å²) in [5.74, 6) is -0.759. The number of carbonyl (C=O) groups is 2. The van der Waals surface area contributed by atoms with E-state index in [1.165, 1.54) is 17.0 Å². The molecule has 0 saturated heterocycles. The molecule has 3 aromatic rings. The van der Waals surface area contributed by atoms with Crippen LogP contribution in [0.1, 0.15) is 55.9 Å². The molecular formula is C32H40ClN3O4S. The Hall–Kier alpha value is -3.36. The molecule has 0 aliphatic heterocycles. The molecule has 3 rings (SSSR count). The van der Waals surface area contributed by atoms with Crippen LogP contribution in [0.5, 0.6) is 0 Å². The number of anilines is 1. The number of amides is 2. The molecule has 0 unspecified atom stereocenters. The number of nitrogens with one attached hydrogen (secondary N) is 1. The summed E-state index contributed by atoms with van der Waals surface area (Å²) < 4.78 is 29.2. The van der Waals surface area contributed by atoms with Gasteiger partial charge in [-0.3, -0.25) is 13.9 Å². The van der Waals surface area contributed by atoms with Gasteiger partial charge in [-0.15, -0.1) is 0 Å². The molecule has 0 radical (unpaired) electrons. The molecule has 9 heteroatoms. The Morgan fingerprint density at radius 1 is 0.902 bits per heavy atom. The summed E-state index contributed by atoms with van der Waals surface area (Å²) in [6, 6.07) is 18.3. The molecule has 3 aromatic carbocycles. The highest BCUT2D eigenvalue weighted by atomic mass is 35.5. The Labute approximate surface area is 249 Å². The SMILES string of the molecule is CC[C@H](C)NC(=O)[C@H](CC)N(Cc1ccccc1C)C(=O)CN(c1cccc(Cl)c1C)S(=O)(=O)c1ccc(C)cc1. The normalized spacial score (nSPS) is 12.9. The molecule has 1 N–H and O–H groups in total. The van der Waals surface area contributed by atoms with E-state index in [9.17, 15) is 18.0 Å². The zero-order valence-corrected chi connectivity index (χ0v) is 26.2. The van der Waals surface area contributed by atoms with Gasteiger partial charge < -0.3 is 10.2 Å². The van der Waals surface area contributed by atoms with E-state index < -0.39 is 28.5 Å². The molecule has 0 aliphatic carbocycles. The quantitative estimate of drug-likeness (QED) is 0.270. The summed E-state index contributed by atoms with van der Waals surface area (Å²) in [5, 5.41) is 3.38. The van der Waals surface area contributed by atoms with Crippen LogP contribution < -0.4 is 9.62 Å². The highest BCUT2D eigenvalue weighted by Gasteiger charge is 2.34. The maximum absolute atomic E-state index is 14.2. The first-order chi connectivity index (χ1) is 19.4. The van der Waals surface area contributed by atoms with Crippen molar-refractivity contribution in [1.29, 1.82) is 0 Å². The third-order valence-electron chi connectivity index (χ3n) is 7.38. The fraction of sp³-hybridized carbons (Fsp3) is 0.375. The number of rotatable bonds is 12. The van der Waals surface area contributed by atoms with Gasteiger partial charge in [0.2, 0.25) is 11.8 Å². The van der Waals surface area contributed by atoms with Crippen LogP contribution in [0.3, 0.4) is 0 Å². The summed E-state index contributed by atoms with van der Waals surface area (Å²) in [6.07, 6.45) is 1.10. The molecule has 0 fully saturated rings. The molecule has 0 spiro atoms. The second-order valence-corrected chi connectivity index (χ2v) is 12.7. The fourth-order valence-electron chi connectivity index (χ4n) is 4.55. The summed E-state index contributed by atoms with van der Waals surface area (Å²) in [4.78, 5) is 29.2. The number of carbonyl (C=O) groups excluding carboxylic acids is 2. The lowest BCUT2D eigenvalue weighted by Gasteiger charge is -2.34. The largest absolute Gasteiger partial charge is 0.352 e. The average molecular weight is 598 g/mol. The Morgan fingerprint density at radius 3 is 2.17 bits per heavy atom. The van der Waals surface area contributed by atoms with Crippen molar-refractivity contribution in [2.75, 3.05) is 10.8 Å². The minimum absolute atomic E-state index is 0.0577. The van der Waals surface area contributed by atoms with Gasteiger partial charge in [-0.25, -0.2) is 8.42 Å². The van der Waals surface area contributed by atoms with Crippen LogP contribution in [-0.2, 0) is 26.2 Å². The number of hydrogen-bond donors (Lipinski definition) is 1. The van der Waals surface area contributed by atoms with Gasteiger partial charge in [0.05, 0.1) is 10.6 Å². The molecule has 0 heterocycles. The first kappa shape index (κ1) is 32.2. The molecule has 41 heavy (non-hydrogen) atoms. The van der Waals surface area contributed by atoms with Gasteiger partial charge in [-0.1, -0.05) is 73.5 Å². The van der Waals surface area contributed by atoms with Crippen LogP contribution in [0.25, 0.3) is 0 Å². The molecule has 220 valence electrons. The number of aryl methyl sites for hydroxylation is 2. The predicted octanol–water partition coefficient (Wildman–Crippen LogP) is 6.18. The van der Waals surface area contributed by atoms with Crippen molar-refractivity contribution in [3.63, 3.8) is 0 Å². The smallest absolute Gasteiger partial charge is 0.264 e. The van der Waals surface area contributed by atoms with Crippen molar-refractivity contribution in [3.05, 3.63) is 94.0 Å². The van der Waals surface area contributed by atoms with Gasteiger partial charge in [-0.2, -0.15) is 0 Å². The van der Waals surface area contributed by atoms with E-state index in [4.69, 9.17) is 11.6 Å². The molecule has 0 saturated carbocycles. The maximum Gasteiger partial charge on any atom is 0.264 e. The monoisotopic (exact) mass is 597 g/mol. The van der Waals surface area contributed by atoms with E-state index in [1.54, 1.807) is 37.3 Å². The number of halogens is 1. The highest BCUT2D eigenvalue weighted by Crippen LogP contribution is 2.31. The zero-order chi connectivity index (χ0) is 30.3. The summed E-state index contributed by atoms with van der Waals surface area (Å²) in [6.45, 7) is 10.9. The number of nitrogens with zero attached hydrogens (tertiary/aromatic N) is 2. The van der Waals surface area contributed by atoms with E-state index in [0.29, 0.717) is 22.7 Å². The second-order valence-electron chi connectivity index (χ2n) is 10.4. The Kier molecular flexibility index (Phi) is 11.0. The predicted molar refractivity (Wildman–Crippen MR) is 166 cm³/mol. The van der Waals surface area contributed by atoms with Crippen molar-refractivity contribution in [2.24, 2.45) is 0 Å². The average Bonchev–Trinajstić information content (AvgIpc) is 2.94. The van der Waals surface area contributed by atoms with Gasteiger partial charge >= 0.3 is 0 Å². The van der Waals surface area contributed by atoms with Gasteiger partial charge in [0.1, 0.15) is 12.6 Å². The topological polar surface area (TPSA) is 86.8 Å². The lowest BCUT2D eigenvalue weighted by atomic mass is 10.1. The van der Waals surface area contributed by atoms with Crippen molar-refractivity contribution in [1.82, 2.24) is 10.2 Å². The van der Waals surface area contributed by atoms with Crippen molar-refractivity contribution in [3.8, 4) is 0 Å². The van der Waals surface area contributed by atoms with E-state index >= 15 is 0 Å². The Bertz CT molecular complexity index is 1470. The first-order valence-corrected chi connectivity index (χ1v) is 15.7. The highest BCUT2D eigenvalue weighted by molar-refractivity contribution is 7.92. The van der Waals surface area contributed by atoms with E-state index in [1.807, 2.05) is 58.9 Å². The minimum atomic E-state index is -4.17. The van der Waals surface area contributed by atoms with Crippen LogP contribution in [0.4, 0.5) is 5.69 Å². The van der Waals surface area contributed by atoms with Gasteiger partial charge in [0.25, 0.3) is 10.0 Å². The first-order valence-electron chi connectivity index (χ1n) is 13.9. The van der Waals surface area contributed by atoms with Crippen molar-refractivity contribution >= 4 is 39.1 Å². The minimum Gasteiger partial charge on any atom is -0.352 e. The second kappa shape index (κ2) is 14.0. The molecule has 0 bridgehead atoms. The van der Waals surface area contributed by atoms with Crippen molar-refractivity contribution < 1.29 is 18.0 Å². The van der Waals surface area contributed by atoms with E-state index in [2.05, 4.69) is 5.32 Å². The Balaban J connectivity index is 2.11. The lowest BCUT2D eigenvalue weighted by molar-refractivity contribution is -0.140. The number of benzene rings is 3. The molecule has 2 amide bonds. The molecule has 7 nitrogen and oxygen atoms in total. The Morgan fingerprint density at radius 2 is 1.56 bits per heavy atom. The molecule has 0 aromatic heterocycles. The van der Waals surface area contributed by atoms with E-state index in [0.717, 1.165) is 27.4 Å². The fourth-order valence-corrected chi connectivity index (χ4v) is 6.19. The number of hydrogen-bond acceptors (Lipinski definition) is 4. The lowest BCUT2D eigenvalue weighted by Crippen LogP contribution is -2.53. The van der Waals surface area contributed by atoms with Crippen LogP contribution in [0.15, 0.2) is 71.6 Å². The van der Waals surface area contributed by atoms with Crippen LogP contribution in [0, 0.1) is 20.8 Å². The van der Waals surface area contributed by atoms with Gasteiger partial charge in [0.15, 0.2) is 0 Å². The summed E-state index contributed by atoms with van der Waals surface area (Å²) in [5.41, 5.74) is 3.59. The zero-order valence-electron chi connectivity index (χ0n) is 24.6. The van der Waals surface area contributed by atoms with Crippen LogP contribution in [-0.4, -0.2) is 43.8 Å². The third kappa shape index (κ3) is 7.68. The van der Waals surface area contributed by atoms with Crippen LogP contribution in [0.2, 0.25) is 5.02 Å². The summed E-state index contributed by atoms with van der Waals surface area (Å²) >= 11 is 6.41.